The second-order valence-electron chi connectivity index (χ2n) is 6.65. The van der Waals surface area contributed by atoms with Crippen molar-refractivity contribution in [1.29, 1.82) is 0 Å². The van der Waals surface area contributed by atoms with E-state index in [1.807, 2.05) is 4.57 Å². The summed E-state index contributed by atoms with van der Waals surface area (Å²) in [5.41, 5.74) is -1.15. The first-order valence-electron chi connectivity index (χ1n) is 8.43. The number of halogens is 4. The van der Waals surface area contributed by atoms with E-state index in [2.05, 4.69) is 10.2 Å². The van der Waals surface area contributed by atoms with Gasteiger partial charge in [-0.3, -0.25) is 4.79 Å². The lowest BCUT2D eigenvalue weighted by molar-refractivity contribution is -0.137. The fourth-order valence-corrected chi connectivity index (χ4v) is 3.72. The number of fused-ring (bicyclic) bond motifs is 1. The summed E-state index contributed by atoms with van der Waals surface area (Å²) in [5.74, 6) is 1.52. The highest BCUT2D eigenvalue weighted by Crippen LogP contribution is 2.38. The molecular formula is C17H16ClF3N4O. The molecule has 1 aliphatic carbocycles. The molecule has 9 heteroatoms. The summed E-state index contributed by atoms with van der Waals surface area (Å²) in [6, 6.07) is 3.39. The van der Waals surface area contributed by atoms with Gasteiger partial charge in [0.15, 0.2) is 5.82 Å². The van der Waals surface area contributed by atoms with Gasteiger partial charge in [0, 0.05) is 19.0 Å². The SMILES string of the molecule is O=C(c1cccc(C(F)(F)F)c1Cl)N1CCn2c(nnc2C2CCC2)C1. The second kappa shape index (κ2) is 6.26. The molecule has 26 heavy (non-hydrogen) atoms. The average molecular weight is 385 g/mol. The van der Waals surface area contributed by atoms with Gasteiger partial charge in [-0.1, -0.05) is 24.1 Å². The fourth-order valence-electron chi connectivity index (χ4n) is 3.41. The van der Waals surface area contributed by atoms with Gasteiger partial charge in [-0.25, -0.2) is 0 Å². The number of hydrogen-bond acceptors (Lipinski definition) is 3. The van der Waals surface area contributed by atoms with Gasteiger partial charge in [0.1, 0.15) is 5.82 Å². The van der Waals surface area contributed by atoms with Crippen LogP contribution in [0.15, 0.2) is 18.2 Å². The predicted octanol–water partition coefficient (Wildman–Crippen LogP) is 3.87. The van der Waals surface area contributed by atoms with Crippen LogP contribution < -0.4 is 0 Å². The molecule has 4 rings (SSSR count). The molecule has 0 saturated heterocycles. The van der Waals surface area contributed by atoms with Crippen molar-refractivity contribution in [2.75, 3.05) is 6.54 Å². The summed E-state index contributed by atoms with van der Waals surface area (Å²) in [4.78, 5) is 14.2. The maximum absolute atomic E-state index is 13.0. The Morgan fingerprint density at radius 2 is 1.96 bits per heavy atom. The number of amides is 1. The Morgan fingerprint density at radius 1 is 1.19 bits per heavy atom. The number of alkyl halides is 3. The van der Waals surface area contributed by atoms with E-state index in [9.17, 15) is 18.0 Å². The Hall–Kier alpha value is -2.09. The van der Waals surface area contributed by atoms with Crippen LogP contribution in [0.25, 0.3) is 0 Å². The van der Waals surface area contributed by atoms with Gasteiger partial charge in [0.05, 0.1) is 22.7 Å². The largest absolute Gasteiger partial charge is 0.417 e. The molecule has 1 fully saturated rings. The van der Waals surface area contributed by atoms with Gasteiger partial charge >= 0.3 is 6.18 Å². The van der Waals surface area contributed by atoms with Gasteiger partial charge in [-0.15, -0.1) is 10.2 Å². The van der Waals surface area contributed by atoms with Gasteiger partial charge in [0.25, 0.3) is 5.91 Å². The quantitative estimate of drug-likeness (QED) is 0.789. The van der Waals surface area contributed by atoms with Crippen molar-refractivity contribution in [3.05, 3.63) is 46.0 Å². The predicted molar refractivity (Wildman–Crippen MR) is 87.8 cm³/mol. The van der Waals surface area contributed by atoms with Gasteiger partial charge in [-0.2, -0.15) is 13.2 Å². The smallest absolute Gasteiger partial charge is 0.329 e. The molecule has 1 saturated carbocycles. The monoisotopic (exact) mass is 384 g/mol. The molecule has 0 bridgehead atoms. The number of rotatable bonds is 2. The Balaban J connectivity index is 1.58. The van der Waals surface area contributed by atoms with Crippen LogP contribution in [0.1, 0.15) is 52.8 Å². The minimum Gasteiger partial charge on any atom is -0.329 e. The van der Waals surface area contributed by atoms with E-state index < -0.39 is 22.7 Å². The molecular weight excluding hydrogens is 369 g/mol. The Kier molecular flexibility index (Phi) is 4.17. The number of nitrogens with zero attached hydrogens (tertiary/aromatic N) is 4. The normalized spacial score (nSPS) is 17.8. The zero-order chi connectivity index (χ0) is 18.5. The highest BCUT2D eigenvalue weighted by atomic mass is 35.5. The molecule has 138 valence electrons. The minimum absolute atomic E-state index is 0.145. The summed E-state index contributed by atoms with van der Waals surface area (Å²) < 4.78 is 41.1. The number of hydrogen-bond donors (Lipinski definition) is 0. The number of aromatic nitrogens is 3. The molecule has 2 heterocycles. The molecule has 0 unspecified atom stereocenters. The molecule has 2 aliphatic rings. The summed E-state index contributed by atoms with van der Waals surface area (Å²) in [6.45, 7) is 1.14. The maximum Gasteiger partial charge on any atom is 0.417 e. The van der Waals surface area contributed by atoms with E-state index in [1.54, 1.807) is 0 Å². The van der Waals surface area contributed by atoms with Crippen LogP contribution in [0.2, 0.25) is 5.02 Å². The third-order valence-electron chi connectivity index (χ3n) is 5.07. The van der Waals surface area contributed by atoms with Crippen molar-refractivity contribution in [3.8, 4) is 0 Å². The van der Waals surface area contributed by atoms with Gasteiger partial charge in [-0.05, 0) is 25.0 Å². The average Bonchev–Trinajstić information content (AvgIpc) is 2.95. The summed E-state index contributed by atoms with van der Waals surface area (Å²) >= 11 is 5.88. The van der Waals surface area contributed by atoms with Crippen LogP contribution in [0.3, 0.4) is 0 Å². The Labute approximate surface area is 152 Å². The molecule has 1 aromatic carbocycles. The fraction of sp³-hybridized carbons (Fsp3) is 0.471. The third-order valence-corrected chi connectivity index (χ3v) is 5.48. The Morgan fingerprint density at radius 3 is 2.62 bits per heavy atom. The standard InChI is InChI=1S/C17H16ClF3N4O/c18-14-11(5-2-6-12(14)17(19,20)21)16(26)24-7-8-25-13(9-24)22-23-15(25)10-3-1-4-10/h2,5-6,10H,1,3-4,7-9H2. The lowest BCUT2D eigenvalue weighted by atomic mass is 9.85. The zero-order valence-electron chi connectivity index (χ0n) is 13.8. The van der Waals surface area contributed by atoms with Crippen LogP contribution in [0, 0.1) is 0 Å². The highest BCUT2D eigenvalue weighted by Gasteiger charge is 2.36. The topological polar surface area (TPSA) is 51.0 Å². The van der Waals surface area contributed by atoms with E-state index >= 15 is 0 Å². The van der Waals surface area contributed by atoms with E-state index in [0.29, 0.717) is 24.8 Å². The lowest BCUT2D eigenvalue weighted by Crippen LogP contribution is -2.39. The first-order valence-corrected chi connectivity index (χ1v) is 8.81. The Bertz CT molecular complexity index is 860. The minimum atomic E-state index is -4.60. The van der Waals surface area contributed by atoms with Gasteiger partial charge < -0.3 is 9.47 Å². The molecule has 2 aromatic rings. The molecule has 5 nitrogen and oxygen atoms in total. The van der Waals surface area contributed by atoms with E-state index in [-0.39, 0.29) is 12.1 Å². The molecule has 0 atom stereocenters. The van der Waals surface area contributed by atoms with E-state index in [0.717, 1.165) is 24.7 Å². The van der Waals surface area contributed by atoms with Crippen molar-refractivity contribution >= 4 is 17.5 Å². The lowest BCUT2D eigenvalue weighted by Gasteiger charge is -2.31. The van der Waals surface area contributed by atoms with Crippen LogP contribution >= 0.6 is 11.6 Å². The van der Waals surface area contributed by atoms with E-state index in [1.165, 1.54) is 23.5 Å². The van der Waals surface area contributed by atoms with Crippen molar-refractivity contribution in [3.63, 3.8) is 0 Å². The number of carbonyl (C=O) groups excluding carboxylic acids is 1. The molecule has 1 aliphatic heterocycles. The van der Waals surface area contributed by atoms with Crippen molar-refractivity contribution in [2.45, 2.75) is 44.4 Å². The van der Waals surface area contributed by atoms with Gasteiger partial charge in [0.2, 0.25) is 0 Å². The third kappa shape index (κ3) is 2.86. The number of carbonyl (C=O) groups is 1. The first-order chi connectivity index (χ1) is 12.4. The molecule has 0 N–H and O–H groups in total. The zero-order valence-corrected chi connectivity index (χ0v) is 14.5. The summed E-state index contributed by atoms with van der Waals surface area (Å²) in [7, 11) is 0. The maximum atomic E-state index is 13.0. The highest BCUT2D eigenvalue weighted by molar-refractivity contribution is 6.34. The van der Waals surface area contributed by atoms with Crippen molar-refractivity contribution in [2.24, 2.45) is 0 Å². The van der Waals surface area contributed by atoms with Crippen LogP contribution in [0.5, 0.6) is 0 Å². The second-order valence-corrected chi connectivity index (χ2v) is 7.02. The summed E-state index contributed by atoms with van der Waals surface area (Å²) in [6.07, 6.45) is -1.22. The van der Waals surface area contributed by atoms with E-state index in [4.69, 9.17) is 11.6 Å². The molecule has 0 spiro atoms. The molecule has 1 amide bonds. The van der Waals surface area contributed by atoms with Crippen molar-refractivity contribution in [1.82, 2.24) is 19.7 Å². The summed E-state index contributed by atoms with van der Waals surface area (Å²) in [5, 5.41) is 7.86. The van der Waals surface area contributed by atoms with Crippen LogP contribution in [-0.2, 0) is 19.3 Å². The molecule has 1 aromatic heterocycles. The van der Waals surface area contributed by atoms with Crippen LogP contribution in [-0.4, -0.2) is 32.1 Å². The molecule has 0 radical (unpaired) electrons. The number of benzene rings is 1. The van der Waals surface area contributed by atoms with Crippen molar-refractivity contribution < 1.29 is 18.0 Å². The first kappa shape index (κ1) is 17.3. The van der Waals surface area contributed by atoms with Crippen LogP contribution in [0.4, 0.5) is 13.2 Å².